The summed E-state index contributed by atoms with van der Waals surface area (Å²) in [5.41, 5.74) is 1.72. The number of carbonyl (C=O) groups excluding carboxylic acids is 2. The smallest absolute Gasteiger partial charge is 0.339 e. The van der Waals surface area contributed by atoms with Crippen LogP contribution in [0.25, 0.3) is 0 Å². The van der Waals surface area contributed by atoms with E-state index in [0.29, 0.717) is 0 Å². The Balaban J connectivity index is 1.72. The second-order valence-corrected chi connectivity index (χ2v) is 9.57. The number of methoxy groups -OCH3 is 1. The molecule has 2 aliphatic rings. The molecule has 0 bridgehead atoms. The van der Waals surface area contributed by atoms with Crippen molar-refractivity contribution in [2.75, 3.05) is 7.11 Å². The van der Waals surface area contributed by atoms with E-state index in [2.05, 4.69) is 15.2 Å². The molecule has 2 aliphatic carbocycles. The Kier molecular flexibility index (Phi) is 7.81. The van der Waals surface area contributed by atoms with Crippen LogP contribution < -0.4 is 5.32 Å². The summed E-state index contributed by atoms with van der Waals surface area (Å²) in [6.07, 6.45) is 13.2. The summed E-state index contributed by atoms with van der Waals surface area (Å²) in [5, 5.41) is 2.20. The summed E-state index contributed by atoms with van der Waals surface area (Å²) in [5.74, 6) is -0.436. The van der Waals surface area contributed by atoms with Crippen LogP contribution in [-0.4, -0.2) is 46.5 Å². The van der Waals surface area contributed by atoms with Crippen LogP contribution in [0.5, 0.6) is 0 Å². The average Bonchev–Trinajstić information content (AvgIpc) is 3.22. The van der Waals surface area contributed by atoms with E-state index in [4.69, 9.17) is 4.74 Å². The van der Waals surface area contributed by atoms with Crippen molar-refractivity contribution >= 4 is 35.1 Å². The largest absolute Gasteiger partial charge is 0.467 e. The molecule has 1 aromatic heterocycles. The highest BCUT2D eigenvalue weighted by molar-refractivity contribution is 8.02. The van der Waals surface area contributed by atoms with Crippen molar-refractivity contribution in [2.45, 2.75) is 85.9 Å². The number of thioether (sulfide) groups is 1. The highest BCUT2D eigenvalue weighted by atomic mass is 32.2. The molecule has 0 aromatic carbocycles. The van der Waals surface area contributed by atoms with Gasteiger partial charge in [-0.1, -0.05) is 50.3 Å². The first-order chi connectivity index (χ1) is 13.2. The van der Waals surface area contributed by atoms with Gasteiger partial charge in [0.05, 0.1) is 23.0 Å². The molecular weight excluding hydrogens is 382 g/mol. The number of amides is 2. The Labute approximate surface area is 169 Å². The second-order valence-electron chi connectivity index (χ2n) is 7.28. The van der Waals surface area contributed by atoms with Crippen LogP contribution in [0.3, 0.4) is 0 Å². The number of hydrogen-bond donors (Lipinski definition) is 1. The molecule has 2 amide bonds. The SMILES string of the molecule is COC(=O)C(NC(=O)N(C1CCCCC1)C1CCCCC1)Sc1cncs1. The molecular formula is C19H29N3O3S2. The van der Waals surface area contributed by atoms with Crippen molar-refractivity contribution in [1.29, 1.82) is 0 Å². The second kappa shape index (κ2) is 10.3. The molecule has 0 spiro atoms. The number of rotatable bonds is 6. The minimum atomic E-state index is -0.752. The molecule has 2 fully saturated rings. The van der Waals surface area contributed by atoms with Gasteiger partial charge in [-0.3, -0.25) is 4.98 Å². The van der Waals surface area contributed by atoms with Crippen molar-refractivity contribution in [2.24, 2.45) is 0 Å². The van der Waals surface area contributed by atoms with Crippen LogP contribution in [0.15, 0.2) is 15.9 Å². The lowest BCUT2D eigenvalue weighted by Crippen LogP contribution is -2.55. The standard InChI is InChI=1S/C19H29N3O3S2/c1-25-18(23)17(27-16-12-20-13-26-16)21-19(24)22(14-8-4-2-5-9-14)15-10-6-3-7-11-15/h12-15,17H,2-11H2,1H3,(H,21,24). The van der Waals surface area contributed by atoms with Crippen LogP contribution in [-0.2, 0) is 9.53 Å². The van der Waals surface area contributed by atoms with Gasteiger partial charge in [-0.05, 0) is 25.7 Å². The molecule has 8 heteroatoms. The van der Waals surface area contributed by atoms with Crippen molar-refractivity contribution in [3.63, 3.8) is 0 Å². The Morgan fingerprint density at radius 3 is 2.22 bits per heavy atom. The van der Waals surface area contributed by atoms with Gasteiger partial charge < -0.3 is 15.0 Å². The molecule has 27 heavy (non-hydrogen) atoms. The number of nitrogens with one attached hydrogen (secondary N) is 1. The van der Waals surface area contributed by atoms with Gasteiger partial charge >= 0.3 is 12.0 Å². The summed E-state index contributed by atoms with van der Waals surface area (Å²) >= 11 is 2.74. The molecule has 0 radical (unpaired) electrons. The van der Waals surface area contributed by atoms with E-state index < -0.39 is 11.3 Å². The van der Waals surface area contributed by atoms with Gasteiger partial charge in [-0.25, -0.2) is 9.59 Å². The topological polar surface area (TPSA) is 71.5 Å². The number of hydrogen-bond acceptors (Lipinski definition) is 6. The Bertz CT molecular complexity index is 581. The fourth-order valence-electron chi connectivity index (χ4n) is 4.16. The summed E-state index contributed by atoms with van der Waals surface area (Å²) in [6.45, 7) is 0. The Morgan fingerprint density at radius 1 is 1.15 bits per heavy atom. The van der Waals surface area contributed by atoms with E-state index in [9.17, 15) is 9.59 Å². The van der Waals surface area contributed by atoms with Gasteiger partial charge in [0.15, 0.2) is 5.37 Å². The van der Waals surface area contributed by atoms with Crippen LogP contribution in [0.2, 0.25) is 0 Å². The van der Waals surface area contributed by atoms with Gasteiger partial charge in [0.25, 0.3) is 0 Å². The third kappa shape index (κ3) is 5.60. The van der Waals surface area contributed by atoms with Crippen LogP contribution in [0, 0.1) is 0 Å². The molecule has 1 N–H and O–H groups in total. The highest BCUT2D eigenvalue weighted by Gasteiger charge is 2.35. The first kappa shape index (κ1) is 20.5. The van der Waals surface area contributed by atoms with Crippen LogP contribution in [0.1, 0.15) is 64.2 Å². The quantitative estimate of drug-likeness (QED) is 0.426. The first-order valence-electron chi connectivity index (χ1n) is 9.91. The average molecular weight is 412 g/mol. The summed E-state index contributed by atoms with van der Waals surface area (Å²) in [7, 11) is 1.36. The molecule has 1 aromatic rings. The predicted molar refractivity (Wildman–Crippen MR) is 108 cm³/mol. The molecule has 1 heterocycles. The molecule has 1 unspecified atom stereocenters. The zero-order chi connectivity index (χ0) is 19.1. The summed E-state index contributed by atoms with van der Waals surface area (Å²) in [6, 6.07) is 0.448. The Hall–Kier alpha value is -1.28. The molecule has 0 saturated heterocycles. The van der Waals surface area contributed by atoms with Gasteiger partial charge in [-0.15, -0.1) is 11.3 Å². The zero-order valence-corrected chi connectivity index (χ0v) is 17.5. The first-order valence-corrected chi connectivity index (χ1v) is 11.7. The van der Waals surface area contributed by atoms with Gasteiger partial charge in [0, 0.05) is 12.1 Å². The van der Waals surface area contributed by atoms with Gasteiger partial charge in [-0.2, -0.15) is 0 Å². The number of carbonyl (C=O) groups is 2. The van der Waals surface area contributed by atoms with Crippen LogP contribution in [0.4, 0.5) is 4.79 Å². The molecule has 0 aliphatic heterocycles. The lowest BCUT2D eigenvalue weighted by atomic mass is 9.89. The molecule has 6 nitrogen and oxygen atoms in total. The summed E-state index contributed by atoms with van der Waals surface area (Å²) < 4.78 is 5.81. The number of urea groups is 1. The highest BCUT2D eigenvalue weighted by Crippen LogP contribution is 2.31. The van der Waals surface area contributed by atoms with Crippen molar-refractivity contribution in [3.8, 4) is 0 Å². The van der Waals surface area contributed by atoms with E-state index in [1.54, 1.807) is 11.7 Å². The van der Waals surface area contributed by atoms with E-state index in [1.807, 2.05) is 0 Å². The Morgan fingerprint density at radius 2 is 1.74 bits per heavy atom. The number of nitrogens with zero attached hydrogens (tertiary/aromatic N) is 2. The minimum Gasteiger partial charge on any atom is -0.467 e. The lowest BCUT2D eigenvalue weighted by Gasteiger charge is -2.42. The minimum absolute atomic E-state index is 0.124. The van der Waals surface area contributed by atoms with Gasteiger partial charge in [0.1, 0.15) is 0 Å². The molecule has 3 rings (SSSR count). The lowest BCUT2D eigenvalue weighted by molar-refractivity contribution is -0.140. The normalized spacial score (nSPS) is 20.0. The van der Waals surface area contributed by atoms with Crippen molar-refractivity contribution < 1.29 is 14.3 Å². The third-order valence-corrected chi connectivity index (χ3v) is 7.51. The van der Waals surface area contributed by atoms with Crippen LogP contribution >= 0.6 is 23.1 Å². The third-order valence-electron chi connectivity index (χ3n) is 5.48. The molecule has 2 saturated carbocycles. The molecule has 150 valence electrons. The fourth-order valence-corrected chi connectivity index (χ4v) is 5.85. The number of ether oxygens (including phenoxy) is 1. The maximum Gasteiger partial charge on any atom is 0.339 e. The summed E-state index contributed by atoms with van der Waals surface area (Å²) in [4.78, 5) is 31.7. The monoisotopic (exact) mass is 411 g/mol. The number of esters is 1. The number of thiazole rings is 1. The van der Waals surface area contributed by atoms with E-state index in [0.717, 1.165) is 29.9 Å². The van der Waals surface area contributed by atoms with E-state index in [-0.39, 0.29) is 18.1 Å². The van der Waals surface area contributed by atoms with E-state index >= 15 is 0 Å². The van der Waals surface area contributed by atoms with E-state index in [1.165, 1.54) is 68.7 Å². The fraction of sp³-hybridized carbons (Fsp3) is 0.737. The maximum absolute atomic E-state index is 13.3. The van der Waals surface area contributed by atoms with Crippen molar-refractivity contribution in [3.05, 3.63) is 11.7 Å². The van der Waals surface area contributed by atoms with Crippen molar-refractivity contribution in [1.82, 2.24) is 15.2 Å². The molecule has 1 atom stereocenters. The van der Waals surface area contributed by atoms with Gasteiger partial charge in [0.2, 0.25) is 0 Å². The zero-order valence-electron chi connectivity index (χ0n) is 15.9. The maximum atomic E-state index is 13.3. The number of aromatic nitrogens is 1. The predicted octanol–water partition coefficient (Wildman–Crippen LogP) is 4.41.